The molecule has 2 rings (SSSR count). The van der Waals surface area contributed by atoms with E-state index in [1.54, 1.807) is 6.07 Å². The number of hydrogen-bond donors (Lipinski definition) is 1. The second-order valence-electron chi connectivity index (χ2n) is 5.35. The lowest BCUT2D eigenvalue weighted by molar-refractivity contribution is 0.0696. The van der Waals surface area contributed by atoms with Gasteiger partial charge in [0.15, 0.2) is 0 Å². The van der Waals surface area contributed by atoms with Gasteiger partial charge in [0.2, 0.25) is 0 Å². The molecule has 0 saturated carbocycles. The number of nitrogens with zero attached hydrogens (tertiary/aromatic N) is 2. The molecule has 2 atom stereocenters. The predicted octanol–water partition coefficient (Wildman–Crippen LogP) is 2.53. The van der Waals surface area contributed by atoms with Gasteiger partial charge in [0.1, 0.15) is 0 Å². The summed E-state index contributed by atoms with van der Waals surface area (Å²) in [6.45, 7) is 3.97. The summed E-state index contributed by atoms with van der Waals surface area (Å²) in [5, 5.41) is 9.38. The van der Waals surface area contributed by atoms with Crippen molar-refractivity contribution in [3.8, 4) is 0 Å². The van der Waals surface area contributed by atoms with E-state index in [-0.39, 0.29) is 0 Å². The fourth-order valence-electron chi connectivity index (χ4n) is 2.81. The molecule has 0 radical (unpaired) electrons. The maximum Gasteiger partial charge on any atom is 0.338 e. The van der Waals surface area contributed by atoms with Crippen LogP contribution >= 0.6 is 15.9 Å². The minimum Gasteiger partial charge on any atom is -0.478 e. The van der Waals surface area contributed by atoms with Gasteiger partial charge < -0.3 is 14.9 Å². The van der Waals surface area contributed by atoms with E-state index in [4.69, 9.17) is 0 Å². The normalized spacial score (nSPS) is 23.1. The first-order chi connectivity index (χ1) is 8.91. The Labute approximate surface area is 122 Å². The van der Waals surface area contributed by atoms with Crippen molar-refractivity contribution in [3.05, 3.63) is 28.2 Å². The maximum absolute atomic E-state index is 11.4. The number of hydrogen-bond acceptors (Lipinski definition) is 3. The van der Waals surface area contributed by atoms with Crippen molar-refractivity contribution in [3.63, 3.8) is 0 Å². The van der Waals surface area contributed by atoms with Gasteiger partial charge in [-0.2, -0.15) is 0 Å². The highest BCUT2D eigenvalue weighted by Gasteiger charge is 2.33. The Bertz CT molecular complexity index is 490. The molecule has 104 valence electrons. The number of carboxylic acids is 1. The SMILES string of the molecule is CC1CN(c2cccc(Br)c2C(=O)O)CC1N(C)C. The third-order valence-electron chi connectivity index (χ3n) is 3.78. The van der Waals surface area contributed by atoms with E-state index in [1.807, 2.05) is 12.1 Å². The summed E-state index contributed by atoms with van der Waals surface area (Å²) in [5.41, 5.74) is 1.16. The molecule has 19 heavy (non-hydrogen) atoms. The van der Waals surface area contributed by atoms with Gasteiger partial charge in [-0.1, -0.05) is 13.0 Å². The van der Waals surface area contributed by atoms with Crippen LogP contribution in [-0.4, -0.2) is 49.2 Å². The van der Waals surface area contributed by atoms with Crippen molar-refractivity contribution in [2.24, 2.45) is 5.92 Å². The Kier molecular flexibility index (Phi) is 4.16. The third kappa shape index (κ3) is 2.77. The summed E-state index contributed by atoms with van der Waals surface area (Å²) in [7, 11) is 4.15. The molecule has 1 fully saturated rings. The van der Waals surface area contributed by atoms with Crippen LogP contribution in [0.15, 0.2) is 22.7 Å². The molecule has 1 N–H and O–H groups in total. The van der Waals surface area contributed by atoms with Crippen molar-refractivity contribution in [2.45, 2.75) is 13.0 Å². The first-order valence-corrected chi connectivity index (χ1v) is 7.14. The lowest BCUT2D eigenvalue weighted by Crippen LogP contribution is -2.34. The first-order valence-electron chi connectivity index (χ1n) is 6.35. The van der Waals surface area contributed by atoms with Gasteiger partial charge in [-0.25, -0.2) is 4.79 Å². The van der Waals surface area contributed by atoms with E-state index in [2.05, 4.69) is 46.7 Å². The van der Waals surface area contributed by atoms with Crippen molar-refractivity contribution in [1.29, 1.82) is 0 Å². The van der Waals surface area contributed by atoms with Crippen molar-refractivity contribution < 1.29 is 9.90 Å². The number of likely N-dealkylation sites (N-methyl/N-ethyl adjacent to an activating group) is 1. The quantitative estimate of drug-likeness (QED) is 0.927. The molecule has 5 heteroatoms. The molecule has 4 nitrogen and oxygen atoms in total. The zero-order valence-corrected chi connectivity index (χ0v) is 13.0. The summed E-state index contributed by atoms with van der Waals surface area (Å²) in [6.07, 6.45) is 0. The van der Waals surface area contributed by atoms with Crippen LogP contribution in [0.2, 0.25) is 0 Å². The van der Waals surface area contributed by atoms with Gasteiger partial charge >= 0.3 is 5.97 Å². The summed E-state index contributed by atoms with van der Waals surface area (Å²) in [6, 6.07) is 6.01. The number of aromatic carboxylic acids is 1. The number of carbonyl (C=O) groups is 1. The molecule has 0 spiro atoms. The Morgan fingerprint density at radius 1 is 1.42 bits per heavy atom. The third-order valence-corrected chi connectivity index (χ3v) is 4.44. The van der Waals surface area contributed by atoms with Crippen LogP contribution in [0.5, 0.6) is 0 Å². The average molecular weight is 327 g/mol. The lowest BCUT2D eigenvalue weighted by Gasteiger charge is -2.24. The Balaban J connectivity index is 2.34. The summed E-state index contributed by atoms with van der Waals surface area (Å²) in [4.78, 5) is 15.8. The second-order valence-corrected chi connectivity index (χ2v) is 6.21. The van der Waals surface area contributed by atoms with Crippen LogP contribution < -0.4 is 4.90 Å². The van der Waals surface area contributed by atoms with Crippen LogP contribution in [0.1, 0.15) is 17.3 Å². The fourth-order valence-corrected chi connectivity index (χ4v) is 3.33. The van der Waals surface area contributed by atoms with E-state index < -0.39 is 5.97 Å². The standard InChI is InChI=1S/C14H19BrN2O2/c1-9-7-17(8-12(9)16(2)3)11-6-4-5-10(15)13(11)14(18)19/h4-6,9,12H,7-8H2,1-3H3,(H,18,19). The molecule has 1 aromatic carbocycles. The van der Waals surface area contributed by atoms with Crippen LogP contribution in [0.4, 0.5) is 5.69 Å². The lowest BCUT2D eigenvalue weighted by atomic mass is 10.1. The van der Waals surface area contributed by atoms with Gasteiger partial charge in [-0.05, 0) is 48.1 Å². The molecular weight excluding hydrogens is 308 g/mol. The van der Waals surface area contributed by atoms with Gasteiger partial charge in [0, 0.05) is 23.6 Å². The number of benzene rings is 1. The molecule has 2 unspecified atom stereocenters. The summed E-state index contributed by atoms with van der Waals surface area (Å²) >= 11 is 3.34. The Morgan fingerprint density at radius 2 is 2.11 bits per heavy atom. The zero-order chi connectivity index (χ0) is 14.2. The van der Waals surface area contributed by atoms with Crippen molar-refractivity contribution in [1.82, 2.24) is 4.90 Å². The second kappa shape index (κ2) is 5.51. The molecule has 0 aliphatic carbocycles. The molecule has 1 aromatic rings. The van der Waals surface area contributed by atoms with E-state index >= 15 is 0 Å². The highest BCUT2D eigenvalue weighted by molar-refractivity contribution is 9.10. The Hall–Kier alpha value is -1.07. The number of carboxylic acid groups (broad SMARTS) is 1. The summed E-state index contributed by atoms with van der Waals surface area (Å²) < 4.78 is 0.637. The van der Waals surface area contributed by atoms with Gasteiger partial charge in [0.25, 0.3) is 0 Å². The van der Waals surface area contributed by atoms with Gasteiger partial charge in [-0.3, -0.25) is 0 Å². The van der Waals surface area contributed by atoms with Crippen molar-refractivity contribution in [2.75, 3.05) is 32.1 Å². The first kappa shape index (κ1) is 14.3. The maximum atomic E-state index is 11.4. The number of rotatable bonds is 3. The largest absolute Gasteiger partial charge is 0.478 e. The topological polar surface area (TPSA) is 43.8 Å². The fraction of sp³-hybridized carbons (Fsp3) is 0.500. The molecular formula is C14H19BrN2O2. The molecule has 1 saturated heterocycles. The smallest absolute Gasteiger partial charge is 0.338 e. The minimum absolute atomic E-state index is 0.356. The zero-order valence-electron chi connectivity index (χ0n) is 11.4. The predicted molar refractivity (Wildman–Crippen MR) is 80.0 cm³/mol. The molecule has 1 heterocycles. The van der Waals surface area contributed by atoms with E-state index in [0.29, 0.717) is 22.0 Å². The average Bonchev–Trinajstić information content (AvgIpc) is 2.70. The molecule has 0 amide bonds. The van der Waals surface area contributed by atoms with E-state index in [1.165, 1.54) is 0 Å². The minimum atomic E-state index is -0.886. The van der Waals surface area contributed by atoms with Gasteiger partial charge in [0.05, 0.1) is 11.3 Å². The number of halogens is 1. The van der Waals surface area contributed by atoms with E-state index in [0.717, 1.165) is 18.8 Å². The van der Waals surface area contributed by atoms with Gasteiger partial charge in [-0.15, -0.1) is 0 Å². The number of anilines is 1. The van der Waals surface area contributed by atoms with E-state index in [9.17, 15) is 9.90 Å². The highest BCUT2D eigenvalue weighted by atomic mass is 79.9. The van der Waals surface area contributed by atoms with Crippen LogP contribution in [0.25, 0.3) is 0 Å². The van der Waals surface area contributed by atoms with Crippen molar-refractivity contribution >= 4 is 27.6 Å². The Morgan fingerprint density at radius 3 is 2.63 bits per heavy atom. The molecule has 0 bridgehead atoms. The molecule has 1 aliphatic rings. The summed E-state index contributed by atoms with van der Waals surface area (Å²) in [5.74, 6) is -0.362. The van der Waals surface area contributed by atoms with Crippen LogP contribution in [0.3, 0.4) is 0 Å². The van der Waals surface area contributed by atoms with Crippen LogP contribution in [-0.2, 0) is 0 Å². The highest BCUT2D eigenvalue weighted by Crippen LogP contribution is 2.32. The monoisotopic (exact) mass is 326 g/mol. The molecule has 0 aromatic heterocycles. The molecule has 1 aliphatic heterocycles. The van der Waals surface area contributed by atoms with Crippen LogP contribution in [0, 0.1) is 5.92 Å².